The zero-order valence-corrected chi connectivity index (χ0v) is 23.4. The summed E-state index contributed by atoms with van der Waals surface area (Å²) >= 11 is 11.0. The molecule has 0 radical (unpaired) electrons. The molecule has 2 unspecified atom stereocenters. The highest BCUT2D eigenvalue weighted by atomic mass is 35.5. The Hall–Kier alpha value is -2.96. The van der Waals surface area contributed by atoms with Gasteiger partial charge in [-0.3, -0.25) is 9.59 Å². The number of aromatic amines is 2. The Bertz CT molecular complexity index is 1490. The van der Waals surface area contributed by atoms with E-state index < -0.39 is 0 Å². The summed E-state index contributed by atoms with van der Waals surface area (Å²) < 4.78 is 0. The lowest BCUT2D eigenvalue weighted by atomic mass is 10.0. The monoisotopic (exact) mass is 552 g/mol. The van der Waals surface area contributed by atoms with Crippen LogP contribution in [-0.2, 0) is 41.9 Å². The Morgan fingerprint density at radius 1 is 0.842 bits per heavy atom. The third-order valence-corrected chi connectivity index (χ3v) is 8.28. The fourth-order valence-electron chi connectivity index (χ4n) is 5.89. The van der Waals surface area contributed by atoms with Crippen LogP contribution in [0.1, 0.15) is 59.8 Å². The average Bonchev–Trinajstić information content (AvgIpc) is 3.67. The second-order valence-electron chi connectivity index (χ2n) is 10.6. The summed E-state index contributed by atoms with van der Waals surface area (Å²) in [6, 6.07) is 12.5. The molecule has 4 aromatic rings. The zero-order chi connectivity index (χ0) is 26.8. The minimum atomic E-state index is -0.133. The molecule has 2 amide bonds. The van der Waals surface area contributed by atoms with Gasteiger partial charge in [0.05, 0.1) is 11.0 Å². The summed E-state index contributed by atoms with van der Waals surface area (Å²) in [6.45, 7) is 5.59. The molecule has 2 aliphatic rings. The second-order valence-corrected chi connectivity index (χ2v) is 11.1. The number of alkyl halides is 2. The number of carbonyl (C=O) groups excluding carboxylic acids is 2. The molecule has 0 saturated carbocycles. The maximum absolute atomic E-state index is 11.3. The quantitative estimate of drug-likeness (QED) is 0.227. The molecule has 2 heterocycles. The van der Waals surface area contributed by atoms with Crippen LogP contribution < -0.4 is 10.6 Å². The van der Waals surface area contributed by atoms with Crippen LogP contribution in [0.15, 0.2) is 36.4 Å². The van der Waals surface area contributed by atoms with Crippen LogP contribution in [0.5, 0.6) is 0 Å². The first-order chi connectivity index (χ1) is 18.4. The Kier molecular flexibility index (Phi) is 8.01. The van der Waals surface area contributed by atoms with E-state index in [0.717, 1.165) is 47.3 Å². The number of nitrogens with one attached hydrogen (secondary N) is 4. The number of benzene rings is 2. The molecule has 2 aliphatic carbocycles. The maximum atomic E-state index is 11.3. The van der Waals surface area contributed by atoms with Gasteiger partial charge in [0.2, 0.25) is 11.8 Å². The van der Waals surface area contributed by atoms with Gasteiger partial charge in [-0.25, -0.2) is 0 Å². The SMILES string of the molecule is CC1CCc2c1[nH]c1c(CNC(=O)CCl)cccc21.CC1Cc2[nH]c3c(CNC(=O)CCl)cccc3c2C1. The van der Waals surface area contributed by atoms with Crippen LogP contribution in [0.2, 0.25) is 0 Å². The molecule has 0 fully saturated rings. The van der Waals surface area contributed by atoms with Gasteiger partial charge in [0.15, 0.2) is 0 Å². The van der Waals surface area contributed by atoms with Gasteiger partial charge in [-0.15, -0.1) is 23.2 Å². The van der Waals surface area contributed by atoms with Gasteiger partial charge in [0.25, 0.3) is 0 Å². The number of para-hydroxylation sites is 2. The Morgan fingerprint density at radius 2 is 1.42 bits per heavy atom. The number of amides is 2. The molecular weight excluding hydrogens is 519 g/mol. The van der Waals surface area contributed by atoms with Crippen molar-refractivity contribution in [2.24, 2.45) is 5.92 Å². The van der Waals surface area contributed by atoms with E-state index in [1.807, 2.05) is 12.1 Å². The van der Waals surface area contributed by atoms with Gasteiger partial charge in [0, 0.05) is 35.2 Å². The van der Waals surface area contributed by atoms with Crippen molar-refractivity contribution in [2.75, 3.05) is 11.8 Å². The Labute approximate surface area is 232 Å². The van der Waals surface area contributed by atoms with Crippen molar-refractivity contribution in [1.29, 1.82) is 0 Å². The van der Waals surface area contributed by atoms with E-state index in [0.29, 0.717) is 19.0 Å². The summed E-state index contributed by atoms with van der Waals surface area (Å²) in [6.07, 6.45) is 4.64. The predicted octanol–water partition coefficient (Wildman–Crippen LogP) is 5.83. The molecule has 0 aliphatic heterocycles. The van der Waals surface area contributed by atoms with Crippen LogP contribution in [0.4, 0.5) is 0 Å². The molecule has 0 bridgehead atoms. The van der Waals surface area contributed by atoms with Crippen molar-refractivity contribution in [2.45, 2.75) is 58.5 Å². The third kappa shape index (κ3) is 5.29. The number of aromatic nitrogens is 2. The molecule has 8 heteroatoms. The molecule has 38 heavy (non-hydrogen) atoms. The molecule has 2 atom stereocenters. The fraction of sp³-hybridized carbons (Fsp3) is 0.400. The number of halogens is 2. The van der Waals surface area contributed by atoms with E-state index in [9.17, 15) is 9.59 Å². The lowest BCUT2D eigenvalue weighted by Crippen LogP contribution is -2.23. The Morgan fingerprint density at radius 3 is 2.03 bits per heavy atom. The number of aryl methyl sites for hydroxylation is 1. The van der Waals surface area contributed by atoms with E-state index in [1.165, 1.54) is 39.7 Å². The van der Waals surface area contributed by atoms with Gasteiger partial charge < -0.3 is 20.6 Å². The van der Waals surface area contributed by atoms with Crippen LogP contribution >= 0.6 is 23.2 Å². The molecule has 2 aromatic heterocycles. The van der Waals surface area contributed by atoms with Crippen molar-refractivity contribution in [3.05, 3.63) is 70.0 Å². The van der Waals surface area contributed by atoms with Gasteiger partial charge in [-0.1, -0.05) is 50.2 Å². The largest absolute Gasteiger partial charge is 0.358 e. The van der Waals surface area contributed by atoms with Gasteiger partial charge >= 0.3 is 0 Å². The lowest BCUT2D eigenvalue weighted by Gasteiger charge is -2.06. The summed E-state index contributed by atoms with van der Waals surface area (Å²) in [5.41, 5.74) is 10.2. The first-order valence-electron chi connectivity index (χ1n) is 13.3. The highest BCUT2D eigenvalue weighted by Gasteiger charge is 2.24. The maximum Gasteiger partial charge on any atom is 0.235 e. The molecule has 0 spiro atoms. The van der Waals surface area contributed by atoms with Gasteiger partial charge in [-0.2, -0.15) is 0 Å². The minimum Gasteiger partial charge on any atom is -0.358 e. The van der Waals surface area contributed by atoms with E-state index >= 15 is 0 Å². The minimum absolute atomic E-state index is 0.00817. The summed E-state index contributed by atoms with van der Waals surface area (Å²) in [7, 11) is 0. The van der Waals surface area contributed by atoms with Crippen LogP contribution in [0.3, 0.4) is 0 Å². The fourth-order valence-corrected chi connectivity index (χ4v) is 6.08. The Balaban J connectivity index is 0.000000155. The van der Waals surface area contributed by atoms with E-state index in [2.05, 4.69) is 58.7 Å². The average molecular weight is 554 g/mol. The van der Waals surface area contributed by atoms with Crippen molar-refractivity contribution in [3.63, 3.8) is 0 Å². The summed E-state index contributed by atoms with van der Waals surface area (Å²) in [4.78, 5) is 29.6. The topological polar surface area (TPSA) is 89.8 Å². The zero-order valence-electron chi connectivity index (χ0n) is 21.8. The smallest absolute Gasteiger partial charge is 0.235 e. The van der Waals surface area contributed by atoms with Crippen molar-refractivity contribution < 1.29 is 9.59 Å². The molecule has 2 aromatic carbocycles. The molecule has 6 nitrogen and oxygen atoms in total. The third-order valence-electron chi connectivity index (χ3n) is 7.80. The molecule has 6 rings (SSSR count). The predicted molar refractivity (Wildman–Crippen MR) is 155 cm³/mol. The normalized spacial score (nSPS) is 17.7. The molecule has 200 valence electrons. The second kappa shape index (κ2) is 11.4. The van der Waals surface area contributed by atoms with Crippen molar-refractivity contribution in [1.82, 2.24) is 20.6 Å². The molecule has 4 N–H and O–H groups in total. The number of fused-ring (bicyclic) bond motifs is 6. The van der Waals surface area contributed by atoms with Crippen LogP contribution in [0, 0.1) is 5.92 Å². The van der Waals surface area contributed by atoms with E-state index in [4.69, 9.17) is 23.2 Å². The summed E-state index contributed by atoms with van der Waals surface area (Å²) in [5.74, 6) is 1.08. The van der Waals surface area contributed by atoms with E-state index in [1.54, 1.807) is 0 Å². The number of H-pyrrole nitrogens is 2. The highest BCUT2D eigenvalue weighted by Crippen LogP contribution is 2.38. The van der Waals surface area contributed by atoms with Gasteiger partial charge in [0.1, 0.15) is 11.8 Å². The summed E-state index contributed by atoms with van der Waals surface area (Å²) in [5, 5.41) is 8.25. The van der Waals surface area contributed by atoms with Crippen molar-refractivity contribution in [3.8, 4) is 0 Å². The number of carbonyl (C=O) groups is 2. The molecule has 0 saturated heterocycles. The standard InChI is InChI=1S/2C15H17ClN2O/c1-9-5-12-11-4-2-3-10(8-17-14(19)7-16)15(11)18-13(12)6-9;1-9-5-6-12-11-4-2-3-10(8-17-13(19)7-16)15(11)18-14(9)12/h2*2-4,9,18H,5-8H2,1H3,(H,17,19). The highest BCUT2D eigenvalue weighted by molar-refractivity contribution is 6.27. The first-order valence-corrected chi connectivity index (χ1v) is 14.3. The number of hydrogen-bond donors (Lipinski definition) is 4. The van der Waals surface area contributed by atoms with Crippen LogP contribution in [0.25, 0.3) is 21.8 Å². The van der Waals surface area contributed by atoms with E-state index in [-0.39, 0.29) is 23.6 Å². The number of hydrogen-bond acceptors (Lipinski definition) is 2. The van der Waals surface area contributed by atoms with Gasteiger partial charge in [-0.05, 0) is 59.8 Å². The number of rotatable bonds is 6. The van der Waals surface area contributed by atoms with Crippen molar-refractivity contribution >= 4 is 56.8 Å². The molecular formula is C30H34Cl2N4O2. The first kappa shape index (κ1) is 26.6. The van der Waals surface area contributed by atoms with Crippen LogP contribution in [-0.4, -0.2) is 33.5 Å². The lowest BCUT2D eigenvalue weighted by molar-refractivity contribution is -0.119.